The summed E-state index contributed by atoms with van der Waals surface area (Å²) in [5, 5.41) is 3.93. The number of carbonyl (C=O) groups excluding carboxylic acids is 1. The molecule has 0 amide bonds. The highest BCUT2D eigenvalue weighted by Gasteiger charge is 2.33. The SMILES string of the molecule is CCNC(C)(CSc1ncc[nH]1)C(=O)OC. The van der Waals surface area contributed by atoms with E-state index in [-0.39, 0.29) is 5.97 Å². The molecular formula is C10H17N3O2S. The van der Waals surface area contributed by atoms with Crippen molar-refractivity contribution in [3.8, 4) is 0 Å². The van der Waals surface area contributed by atoms with Gasteiger partial charge in [0.1, 0.15) is 5.54 Å². The van der Waals surface area contributed by atoms with Crippen LogP contribution in [0.25, 0.3) is 0 Å². The quantitative estimate of drug-likeness (QED) is 0.577. The fourth-order valence-electron chi connectivity index (χ4n) is 1.34. The minimum atomic E-state index is -0.680. The van der Waals surface area contributed by atoms with E-state index in [1.54, 1.807) is 12.4 Å². The Bertz CT molecular complexity index is 329. The number of carbonyl (C=O) groups is 1. The molecular weight excluding hydrogens is 226 g/mol. The average Bonchev–Trinajstić information content (AvgIpc) is 2.78. The molecule has 0 aliphatic rings. The van der Waals surface area contributed by atoms with Gasteiger partial charge in [0.05, 0.1) is 7.11 Å². The first-order valence-electron chi connectivity index (χ1n) is 5.08. The minimum Gasteiger partial charge on any atom is -0.468 e. The molecule has 1 heterocycles. The summed E-state index contributed by atoms with van der Waals surface area (Å²) in [6, 6.07) is 0. The summed E-state index contributed by atoms with van der Waals surface area (Å²) in [6.07, 6.45) is 3.44. The summed E-state index contributed by atoms with van der Waals surface area (Å²) in [5.41, 5.74) is -0.680. The Morgan fingerprint density at radius 2 is 2.50 bits per heavy atom. The molecule has 1 aromatic heterocycles. The molecule has 0 aliphatic heterocycles. The molecule has 0 aliphatic carbocycles. The third kappa shape index (κ3) is 3.24. The largest absolute Gasteiger partial charge is 0.468 e. The first kappa shape index (κ1) is 13.1. The number of rotatable bonds is 6. The minimum absolute atomic E-state index is 0.256. The van der Waals surface area contributed by atoms with Gasteiger partial charge in [0.2, 0.25) is 0 Å². The van der Waals surface area contributed by atoms with Crippen LogP contribution in [0, 0.1) is 0 Å². The summed E-state index contributed by atoms with van der Waals surface area (Å²) >= 11 is 1.49. The van der Waals surface area contributed by atoms with Crippen LogP contribution >= 0.6 is 11.8 Å². The highest BCUT2D eigenvalue weighted by atomic mass is 32.2. The normalized spacial score (nSPS) is 14.4. The van der Waals surface area contributed by atoms with E-state index in [1.807, 2.05) is 13.8 Å². The maximum Gasteiger partial charge on any atom is 0.326 e. The maximum absolute atomic E-state index is 11.7. The standard InChI is InChI=1S/C10H17N3O2S/c1-4-13-10(2,8(14)15-3)7-16-9-11-5-6-12-9/h5-6,13H,4,7H2,1-3H3,(H,11,12). The van der Waals surface area contributed by atoms with E-state index < -0.39 is 5.54 Å². The highest BCUT2D eigenvalue weighted by Crippen LogP contribution is 2.20. The topological polar surface area (TPSA) is 67.0 Å². The average molecular weight is 243 g/mol. The van der Waals surface area contributed by atoms with Gasteiger partial charge in [-0.1, -0.05) is 18.7 Å². The second kappa shape index (κ2) is 5.91. The number of H-pyrrole nitrogens is 1. The molecule has 0 spiro atoms. The zero-order chi connectivity index (χ0) is 12.0. The molecule has 0 saturated carbocycles. The van der Waals surface area contributed by atoms with Crippen LogP contribution in [0.2, 0.25) is 0 Å². The lowest BCUT2D eigenvalue weighted by Crippen LogP contribution is -2.52. The zero-order valence-corrected chi connectivity index (χ0v) is 10.6. The fraction of sp³-hybridized carbons (Fsp3) is 0.600. The van der Waals surface area contributed by atoms with Crippen LogP contribution in [-0.2, 0) is 9.53 Å². The molecule has 16 heavy (non-hydrogen) atoms. The summed E-state index contributed by atoms with van der Waals surface area (Å²) in [7, 11) is 1.40. The van der Waals surface area contributed by atoms with E-state index >= 15 is 0 Å². The fourth-order valence-corrected chi connectivity index (χ4v) is 2.27. The van der Waals surface area contributed by atoms with Gasteiger partial charge in [0, 0.05) is 18.1 Å². The van der Waals surface area contributed by atoms with Crippen LogP contribution in [-0.4, -0.2) is 40.9 Å². The van der Waals surface area contributed by atoms with E-state index in [0.717, 1.165) is 5.16 Å². The van der Waals surface area contributed by atoms with Crippen molar-refractivity contribution in [1.29, 1.82) is 0 Å². The maximum atomic E-state index is 11.7. The Hall–Kier alpha value is -1.01. The van der Waals surface area contributed by atoms with Gasteiger partial charge in [0.15, 0.2) is 5.16 Å². The van der Waals surface area contributed by atoms with Crippen molar-refractivity contribution in [3.05, 3.63) is 12.4 Å². The number of esters is 1. The first-order valence-corrected chi connectivity index (χ1v) is 6.06. The summed E-state index contributed by atoms with van der Waals surface area (Å²) in [5.74, 6) is 0.314. The predicted molar refractivity (Wildman–Crippen MR) is 63.4 cm³/mol. The first-order chi connectivity index (χ1) is 7.62. The second-order valence-corrected chi connectivity index (χ2v) is 4.50. The van der Waals surface area contributed by atoms with Crippen LogP contribution in [0.5, 0.6) is 0 Å². The van der Waals surface area contributed by atoms with E-state index in [1.165, 1.54) is 18.9 Å². The molecule has 0 fully saturated rings. The van der Waals surface area contributed by atoms with E-state index in [9.17, 15) is 4.79 Å². The number of hydrogen-bond acceptors (Lipinski definition) is 5. The Kier molecular flexibility index (Phi) is 4.82. The number of hydrogen-bond donors (Lipinski definition) is 2. The van der Waals surface area contributed by atoms with Gasteiger partial charge in [-0.15, -0.1) is 0 Å². The Balaban J connectivity index is 2.60. The Labute approximate surface area is 99.4 Å². The third-order valence-electron chi connectivity index (χ3n) is 2.17. The summed E-state index contributed by atoms with van der Waals surface area (Å²) in [6.45, 7) is 4.50. The molecule has 1 aromatic rings. The van der Waals surface area contributed by atoms with Crippen molar-refractivity contribution < 1.29 is 9.53 Å². The second-order valence-electron chi connectivity index (χ2n) is 3.54. The van der Waals surface area contributed by atoms with Gasteiger partial charge < -0.3 is 15.0 Å². The molecule has 90 valence electrons. The third-order valence-corrected chi connectivity index (χ3v) is 3.39. The predicted octanol–water partition coefficient (Wildman–Crippen LogP) is 1.04. The van der Waals surface area contributed by atoms with Crippen molar-refractivity contribution in [3.63, 3.8) is 0 Å². The number of nitrogens with zero attached hydrogens (tertiary/aromatic N) is 1. The number of likely N-dealkylation sites (N-methyl/N-ethyl adjacent to an activating group) is 1. The molecule has 1 unspecified atom stereocenters. The van der Waals surface area contributed by atoms with Crippen LogP contribution < -0.4 is 5.32 Å². The van der Waals surface area contributed by atoms with Gasteiger partial charge in [-0.05, 0) is 13.5 Å². The number of nitrogens with one attached hydrogen (secondary N) is 2. The van der Waals surface area contributed by atoms with E-state index in [0.29, 0.717) is 12.3 Å². The van der Waals surface area contributed by atoms with Crippen LogP contribution in [0.3, 0.4) is 0 Å². The van der Waals surface area contributed by atoms with Gasteiger partial charge in [0.25, 0.3) is 0 Å². The highest BCUT2D eigenvalue weighted by molar-refractivity contribution is 7.99. The summed E-state index contributed by atoms with van der Waals surface area (Å²) in [4.78, 5) is 18.7. The van der Waals surface area contributed by atoms with Gasteiger partial charge in [-0.3, -0.25) is 4.79 Å². The molecule has 6 heteroatoms. The molecule has 1 rings (SSSR count). The molecule has 2 N–H and O–H groups in total. The van der Waals surface area contributed by atoms with Crippen LogP contribution in [0.1, 0.15) is 13.8 Å². The molecule has 0 bridgehead atoms. The monoisotopic (exact) mass is 243 g/mol. The van der Waals surface area contributed by atoms with Crippen molar-refractivity contribution in [2.45, 2.75) is 24.5 Å². The number of methoxy groups -OCH3 is 1. The van der Waals surface area contributed by atoms with Crippen molar-refractivity contribution in [2.75, 3.05) is 19.4 Å². The molecule has 5 nitrogen and oxygen atoms in total. The lowest BCUT2D eigenvalue weighted by atomic mass is 10.1. The van der Waals surface area contributed by atoms with E-state index in [2.05, 4.69) is 15.3 Å². The van der Waals surface area contributed by atoms with Crippen LogP contribution in [0.4, 0.5) is 0 Å². The number of aromatic nitrogens is 2. The molecule has 0 aromatic carbocycles. The lowest BCUT2D eigenvalue weighted by molar-refractivity contribution is -0.146. The Morgan fingerprint density at radius 3 is 3.00 bits per heavy atom. The molecule has 0 radical (unpaired) electrons. The van der Waals surface area contributed by atoms with Crippen molar-refractivity contribution >= 4 is 17.7 Å². The van der Waals surface area contributed by atoms with E-state index in [4.69, 9.17) is 4.74 Å². The Morgan fingerprint density at radius 1 is 1.75 bits per heavy atom. The number of thioether (sulfide) groups is 1. The lowest BCUT2D eigenvalue weighted by Gasteiger charge is -2.26. The number of aromatic amines is 1. The van der Waals surface area contributed by atoms with Gasteiger partial charge in [-0.2, -0.15) is 0 Å². The molecule has 1 atom stereocenters. The van der Waals surface area contributed by atoms with Crippen molar-refractivity contribution in [1.82, 2.24) is 15.3 Å². The number of imidazole rings is 1. The van der Waals surface area contributed by atoms with Gasteiger partial charge >= 0.3 is 5.97 Å². The summed E-state index contributed by atoms with van der Waals surface area (Å²) < 4.78 is 4.79. The zero-order valence-electron chi connectivity index (χ0n) is 9.74. The van der Waals surface area contributed by atoms with Crippen molar-refractivity contribution in [2.24, 2.45) is 0 Å². The smallest absolute Gasteiger partial charge is 0.326 e. The van der Waals surface area contributed by atoms with Crippen LogP contribution in [0.15, 0.2) is 17.6 Å². The van der Waals surface area contributed by atoms with Gasteiger partial charge in [-0.25, -0.2) is 4.98 Å². The molecule has 0 saturated heterocycles. The number of ether oxygens (including phenoxy) is 1.